The van der Waals surface area contributed by atoms with Gasteiger partial charge in [-0.05, 0) is 50.1 Å². The van der Waals surface area contributed by atoms with E-state index in [-0.39, 0.29) is 5.92 Å². The number of carboxylic acid groups (broad SMARTS) is 1. The van der Waals surface area contributed by atoms with Crippen molar-refractivity contribution in [1.29, 1.82) is 0 Å². The van der Waals surface area contributed by atoms with Crippen molar-refractivity contribution in [3.63, 3.8) is 0 Å². The summed E-state index contributed by atoms with van der Waals surface area (Å²) < 4.78 is 0. The molecule has 0 aromatic rings. The fraction of sp³-hybridized carbons (Fsp3) is 0.933. The Balaban J connectivity index is 1.86. The number of likely N-dealkylation sites (tertiary alicyclic amines) is 1. The van der Waals surface area contributed by atoms with E-state index in [0.29, 0.717) is 11.3 Å². The number of hydrogen-bond acceptors (Lipinski definition) is 2. The maximum Gasteiger partial charge on any atom is 0.306 e. The summed E-state index contributed by atoms with van der Waals surface area (Å²) in [7, 11) is 0. The maximum atomic E-state index is 11.3. The molecule has 0 spiro atoms. The van der Waals surface area contributed by atoms with Gasteiger partial charge in [0.2, 0.25) is 0 Å². The van der Waals surface area contributed by atoms with E-state index >= 15 is 0 Å². The standard InChI is InChI=1S/C15H27NO2/c1-15(2)7-9-16(10-8-15)11-12-5-3-4-6-13(12)14(17)18/h12-13H,3-11H2,1-2H3,(H,17,18). The second-order valence-electron chi connectivity index (χ2n) is 6.95. The van der Waals surface area contributed by atoms with Gasteiger partial charge in [-0.2, -0.15) is 0 Å². The number of rotatable bonds is 3. The minimum absolute atomic E-state index is 0.0892. The summed E-state index contributed by atoms with van der Waals surface area (Å²) in [5.41, 5.74) is 0.481. The first-order chi connectivity index (χ1) is 8.48. The Morgan fingerprint density at radius 3 is 2.44 bits per heavy atom. The number of carbonyl (C=O) groups is 1. The van der Waals surface area contributed by atoms with Crippen LogP contribution >= 0.6 is 0 Å². The van der Waals surface area contributed by atoms with Crippen LogP contribution in [0.5, 0.6) is 0 Å². The van der Waals surface area contributed by atoms with Crippen molar-refractivity contribution in [1.82, 2.24) is 4.90 Å². The Bertz CT molecular complexity index is 291. The van der Waals surface area contributed by atoms with Crippen LogP contribution < -0.4 is 0 Å². The van der Waals surface area contributed by atoms with Crippen molar-refractivity contribution >= 4 is 5.97 Å². The highest BCUT2D eigenvalue weighted by atomic mass is 16.4. The molecule has 2 atom stereocenters. The van der Waals surface area contributed by atoms with Crippen LogP contribution in [0.1, 0.15) is 52.4 Å². The van der Waals surface area contributed by atoms with E-state index in [1.165, 1.54) is 19.3 Å². The van der Waals surface area contributed by atoms with Crippen LogP contribution in [0.2, 0.25) is 0 Å². The fourth-order valence-electron chi connectivity index (χ4n) is 3.42. The average molecular weight is 253 g/mol. The summed E-state index contributed by atoms with van der Waals surface area (Å²) in [6, 6.07) is 0. The molecule has 2 rings (SSSR count). The van der Waals surface area contributed by atoms with Crippen molar-refractivity contribution in [2.75, 3.05) is 19.6 Å². The molecule has 2 aliphatic rings. The molecule has 2 fully saturated rings. The number of aliphatic carboxylic acids is 1. The molecule has 1 aliphatic heterocycles. The zero-order valence-corrected chi connectivity index (χ0v) is 11.8. The molecule has 1 saturated carbocycles. The van der Waals surface area contributed by atoms with Crippen molar-refractivity contribution in [3.8, 4) is 0 Å². The molecule has 3 heteroatoms. The molecule has 0 amide bonds. The fourth-order valence-corrected chi connectivity index (χ4v) is 3.42. The molecule has 0 bridgehead atoms. The molecule has 1 heterocycles. The molecule has 2 unspecified atom stereocenters. The summed E-state index contributed by atoms with van der Waals surface area (Å²) in [5.74, 6) is -0.275. The largest absolute Gasteiger partial charge is 0.481 e. The van der Waals surface area contributed by atoms with Gasteiger partial charge in [-0.15, -0.1) is 0 Å². The lowest BCUT2D eigenvalue weighted by molar-refractivity contribution is -0.145. The third-order valence-corrected chi connectivity index (χ3v) is 4.93. The smallest absolute Gasteiger partial charge is 0.306 e. The van der Waals surface area contributed by atoms with Crippen LogP contribution in [0, 0.1) is 17.3 Å². The highest BCUT2D eigenvalue weighted by Crippen LogP contribution is 2.34. The predicted molar refractivity (Wildman–Crippen MR) is 72.5 cm³/mol. The molecule has 1 N–H and O–H groups in total. The first kappa shape index (κ1) is 13.9. The van der Waals surface area contributed by atoms with E-state index in [1.54, 1.807) is 0 Å². The Morgan fingerprint density at radius 1 is 1.22 bits per heavy atom. The highest BCUT2D eigenvalue weighted by Gasteiger charge is 2.33. The summed E-state index contributed by atoms with van der Waals surface area (Å²) in [6.07, 6.45) is 6.80. The topological polar surface area (TPSA) is 40.5 Å². The van der Waals surface area contributed by atoms with Gasteiger partial charge in [0, 0.05) is 6.54 Å². The highest BCUT2D eigenvalue weighted by molar-refractivity contribution is 5.70. The van der Waals surface area contributed by atoms with E-state index in [2.05, 4.69) is 18.7 Å². The third-order valence-electron chi connectivity index (χ3n) is 4.93. The Morgan fingerprint density at radius 2 is 1.83 bits per heavy atom. The first-order valence-corrected chi connectivity index (χ1v) is 7.43. The summed E-state index contributed by atoms with van der Waals surface area (Å²) in [5, 5.41) is 9.30. The van der Waals surface area contributed by atoms with E-state index in [4.69, 9.17) is 0 Å². The van der Waals surface area contributed by atoms with Gasteiger partial charge in [0.25, 0.3) is 0 Å². The van der Waals surface area contributed by atoms with Gasteiger partial charge in [0.05, 0.1) is 5.92 Å². The monoisotopic (exact) mass is 253 g/mol. The van der Waals surface area contributed by atoms with Crippen LogP contribution in [-0.4, -0.2) is 35.6 Å². The molecule has 18 heavy (non-hydrogen) atoms. The number of piperidine rings is 1. The first-order valence-electron chi connectivity index (χ1n) is 7.43. The minimum atomic E-state index is -0.572. The lowest BCUT2D eigenvalue weighted by atomic mass is 9.77. The van der Waals surface area contributed by atoms with Gasteiger partial charge in [0.1, 0.15) is 0 Å². The van der Waals surface area contributed by atoms with Crippen LogP contribution in [0.3, 0.4) is 0 Å². The van der Waals surface area contributed by atoms with E-state index in [1.807, 2.05) is 0 Å². The van der Waals surface area contributed by atoms with Gasteiger partial charge < -0.3 is 10.0 Å². The van der Waals surface area contributed by atoms with Gasteiger partial charge in [0.15, 0.2) is 0 Å². The zero-order chi connectivity index (χ0) is 13.2. The SMILES string of the molecule is CC1(C)CCN(CC2CCCCC2C(=O)O)CC1. The zero-order valence-electron chi connectivity index (χ0n) is 11.8. The van der Waals surface area contributed by atoms with Crippen LogP contribution in [-0.2, 0) is 4.79 Å². The molecule has 0 aromatic carbocycles. The van der Waals surface area contributed by atoms with Crippen molar-refractivity contribution in [3.05, 3.63) is 0 Å². The Hall–Kier alpha value is -0.570. The van der Waals surface area contributed by atoms with Gasteiger partial charge in [-0.25, -0.2) is 0 Å². The lowest BCUT2D eigenvalue weighted by Gasteiger charge is -2.40. The molecular weight excluding hydrogens is 226 g/mol. The average Bonchev–Trinajstić information content (AvgIpc) is 2.32. The van der Waals surface area contributed by atoms with E-state index in [9.17, 15) is 9.90 Å². The summed E-state index contributed by atoms with van der Waals surface area (Å²) in [6.45, 7) is 7.98. The summed E-state index contributed by atoms with van der Waals surface area (Å²) in [4.78, 5) is 13.8. The molecule has 0 radical (unpaired) electrons. The minimum Gasteiger partial charge on any atom is -0.481 e. The normalized spacial score (nSPS) is 33.2. The number of carboxylic acids is 1. The van der Waals surface area contributed by atoms with Crippen LogP contribution in [0.25, 0.3) is 0 Å². The van der Waals surface area contributed by atoms with Gasteiger partial charge in [-0.3, -0.25) is 4.79 Å². The van der Waals surface area contributed by atoms with Gasteiger partial charge in [-0.1, -0.05) is 26.7 Å². The number of nitrogens with zero attached hydrogens (tertiary/aromatic N) is 1. The second kappa shape index (κ2) is 5.60. The summed E-state index contributed by atoms with van der Waals surface area (Å²) >= 11 is 0. The molecule has 0 aromatic heterocycles. The number of hydrogen-bond donors (Lipinski definition) is 1. The Labute approximate surface area is 111 Å². The molecular formula is C15H27NO2. The third kappa shape index (κ3) is 3.47. The van der Waals surface area contributed by atoms with Gasteiger partial charge >= 0.3 is 5.97 Å². The van der Waals surface area contributed by atoms with Crippen LogP contribution in [0.4, 0.5) is 0 Å². The molecule has 3 nitrogen and oxygen atoms in total. The second-order valence-corrected chi connectivity index (χ2v) is 6.95. The van der Waals surface area contributed by atoms with E-state index < -0.39 is 5.97 Å². The van der Waals surface area contributed by atoms with E-state index in [0.717, 1.165) is 38.9 Å². The Kier molecular flexibility index (Phi) is 4.31. The molecule has 1 aliphatic carbocycles. The van der Waals surface area contributed by atoms with Crippen molar-refractivity contribution in [2.24, 2.45) is 17.3 Å². The molecule has 1 saturated heterocycles. The maximum absolute atomic E-state index is 11.3. The molecule has 104 valence electrons. The lowest BCUT2D eigenvalue weighted by Crippen LogP contribution is -2.43. The van der Waals surface area contributed by atoms with Crippen LogP contribution in [0.15, 0.2) is 0 Å². The predicted octanol–water partition coefficient (Wildman–Crippen LogP) is 3.00. The van der Waals surface area contributed by atoms with Crippen molar-refractivity contribution < 1.29 is 9.90 Å². The quantitative estimate of drug-likeness (QED) is 0.840. The van der Waals surface area contributed by atoms with Crippen molar-refractivity contribution in [2.45, 2.75) is 52.4 Å².